The Morgan fingerprint density at radius 2 is 1.88 bits per heavy atom. The van der Waals surface area contributed by atoms with Gasteiger partial charge in [0.15, 0.2) is 6.61 Å². The van der Waals surface area contributed by atoms with Crippen molar-refractivity contribution in [3.05, 3.63) is 63.6 Å². The second-order valence-corrected chi connectivity index (χ2v) is 9.83. The molecule has 2 amide bonds. The van der Waals surface area contributed by atoms with Crippen molar-refractivity contribution >= 4 is 27.7 Å². The van der Waals surface area contributed by atoms with Crippen LogP contribution in [-0.2, 0) is 16.1 Å². The highest BCUT2D eigenvalue weighted by atomic mass is 79.9. The molecule has 1 N–H and O–H groups in total. The minimum Gasteiger partial charge on any atom is -0.484 e. The van der Waals surface area contributed by atoms with Crippen LogP contribution >= 0.6 is 15.9 Å². The van der Waals surface area contributed by atoms with E-state index in [-0.39, 0.29) is 24.5 Å². The number of amides is 2. The molecule has 3 rings (SSSR count). The molecule has 0 aliphatic heterocycles. The molecule has 0 radical (unpaired) electrons. The number of ether oxygens (including phenoxy) is 1. The van der Waals surface area contributed by atoms with Crippen LogP contribution in [0.3, 0.4) is 0 Å². The second-order valence-electron chi connectivity index (χ2n) is 8.98. The van der Waals surface area contributed by atoms with Gasteiger partial charge in [-0.15, -0.1) is 0 Å². The Bertz CT molecular complexity index is 956. The van der Waals surface area contributed by atoms with Crippen LogP contribution in [0.1, 0.15) is 62.1 Å². The number of hydrogen-bond donors (Lipinski definition) is 1. The van der Waals surface area contributed by atoms with Gasteiger partial charge in [0.05, 0.1) is 0 Å². The van der Waals surface area contributed by atoms with Crippen LogP contribution in [0, 0.1) is 13.8 Å². The molecule has 1 saturated carbocycles. The van der Waals surface area contributed by atoms with Crippen molar-refractivity contribution in [3.8, 4) is 5.75 Å². The maximum Gasteiger partial charge on any atom is 0.261 e. The van der Waals surface area contributed by atoms with E-state index in [4.69, 9.17) is 4.74 Å². The fraction of sp³-hybridized carbons (Fsp3) is 0.481. The molecule has 5 nitrogen and oxygen atoms in total. The van der Waals surface area contributed by atoms with Crippen molar-refractivity contribution in [1.29, 1.82) is 0 Å². The molecule has 0 saturated heterocycles. The lowest BCUT2D eigenvalue weighted by Gasteiger charge is -2.32. The first-order valence-electron chi connectivity index (χ1n) is 11.9. The summed E-state index contributed by atoms with van der Waals surface area (Å²) in [4.78, 5) is 28.3. The molecule has 1 unspecified atom stereocenters. The summed E-state index contributed by atoms with van der Waals surface area (Å²) >= 11 is 3.49. The molecule has 2 aromatic rings. The fourth-order valence-electron chi connectivity index (χ4n) is 4.41. The van der Waals surface area contributed by atoms with Crippen molar-refractivity contribution < 1.29 is 14.3 Å². The number of aryl methyl sites for hydroxylation is 2. The average Bonchev–Trinajstić information content (AvgIpc) is 2.80. The Balaban J connectivity index is 1.76. The number of carbonyl (C=O) groups excluding carboxylic acids is 2. The molecule has 1 aliphatic rings. The largest absolute Gasteiger partial charge is 0.484 e. The van der Waals surface area contributed by atoms with Gasteiger partial charge in [0.25, 0.3) is 5.91 Å². The molecule has 1 aliphatic carbocycles. The molecular weight excluding hydrogens is 480 g/mol. The van der Waals surface area contributed by atoms with Gasteiger partial charge in [0, 0.05) is 17.1 Å². The number of carbonyl (C=O) groups is 2. The Labute approximate surface area is 206 Å². The van der Waals surface area contributed by atoms with Crippen LogP contribution in [0.2, 0.25) is 0 Å². The quantitative estimate of drug-likeness (QED) is 0.466. The van der Waals surface area contributed by atoms with Crippen LogP contribution < -0.4 is 10.1 Å². The van der Waals surface area contributed by atoms with E-state index in [1.54, 1.807) is 4.90 Å². The zero-order valence-corrected chi connectivity index (χ0v) is 21.5. The topological polar surface area (TPSA) is 58.6 Å². The minimum atomic E-state index is -0.532. The van der Waals surface area contributed by atoms with Crippen LogP contribution in [0.5, 0.6) is 5.75 Å². The highest BCUT2D eigenvalue weighted by Crippen LogP contribution is 2.22. The van der Waals surface area contributed by atoms with E-state index >= 15 is 0 Å². The minimum absolute atomic E-state index is 0.0649. The number of benzene rings is 2. The van der Waals surface area contributed by atoms with Gasteiger partial charge >= 0.3 is 0 Å². The smallest absolute Gasteiger partial charge is 0.261 e. The lowest BCUT2D eigenvalue weighted by Crippen LogP contribution is -2.52. The summed E-state index contributed by atoms with van der Waals surface area (Å²) in [5.74, 6) is 0.381. The van der Waals surface area contributed by atoms with Crippen LogP contribution in [-0.4, -0.2) is 35.4 Å². The summed E-state index contributed by atoms with van der Waals surface area (Å²) in [5.41, 5.74) is 3.17. The van der Waals surface area contributed by atoms with Gasteiger partial charge in [-0.1, -0.05) is 71.9 Å². The predicted octanol–water partition coefficient (Wildman–Crippen LogP) is 5.70. The van der Waals surface area contributed by atoms with Crippen molar-refractivity contribution in [2.45, 2.75) is 77.9 Å². The van der Waals surface area contributed by atoms with Crippen LogP contribution in [0.15, 0.2) is 46.9 Å². The number of nitrogens with zero attached hydrogens (tertiary/aromatic N) is 1. The van der Waals surface area contributed by atoms with E-state index in [0.29, 0.717) is 18.7 Å². The van der Waals surface area contributed by atoms with E-state index < -0.39 is 6.04 Å². The molecule has 178 valence electrons. The number of halogens is 1. The third-order valence-electron chi connectivity index (χ3n) is 6.26. The molecule has 0 aromatic heterocycles. The summed E-state index contributed by atoms with van der Waals surface area (Å²) in [6, 6.07) is 13.4. The first-order valence-corrected chi connectivity index (χ1v) is 12.7. The third-order valence-corrected chi connectivity index (χ3v) is 7.15. The summed E-state index contributed by atoms with van der Waals surface area (Å²) in [5, 5.41) is 3.21. The van der Waals surface area contributed by atoms with Crippen molar-refractivity contribution in [1.82, 2.24) is 10.2 Å². The Kier molecular flexibility index (Phi) is 9.36. The molecule has 0 spiro atoms. The molecule has 33 heavy (non-hydrogen) atoms. The van der Waals surface area contributed by atoms with Crippen LogP contribution in [0.4, 0.5) is 0 Å². The molecule has 0 bridgehead atoms. The Morgan fingerprint density at radius 1 is 1.12 bits per heavy atom. The highest BCUT2D eigenvalue weighted by Gasteiger charge is 2.30. The standard InChI is InChI=1S/C27H35BrN2O3/c1-4-25(27(32)29-22-11-6-5-7-12-22)30(17-21-10-8-9-19(2)15-21)26(31)18-33-23-13-14-24(28)20(3)16-23/h8-10,13-16,22,25H,4-7,11-12,17-18H2,1-3H3,(H,29,32). The molecule has 0 heterocycles. The van der Waals surface area contributed by atoms with E-state index in [2.05, 4.69) is 27.3 Å². The molecule has 6 heteroatoms. The fourth-order valence-corrected chi connectivity index (χ4v) is 4.65. The van der Waals surface area contributed by atoms with Crippen molar-refractivity contribution in [2.24, 2.45) is 0 Å². The number of nitrogens with one attached hydrogen (secondary N) is 1. The molecule has 1 fully saturated rings. The summed E-state index contributed by atoms with van der Waals surface area (Å²) in [6.07, 6.45) is 6.10. The van der Waals surface area contributed by atoms with E-state index in [9.17, 15) is 9.59 Å². The van der Waals surface area contributed by atoms with Gasteiger partial charge in [-0.05, 0) is 62.4 Å². The van der Waals surface area contributed by atoms with E-state index in [0.717, 1.165) is 46.8 Å². The van der Waals surface area contributed by atoms with E-state index in [1.165, 1.54) is 6.42 Å². The molecule has 2 aromatic carbocycles. The van der Waals surface area contributed by atoms with Gasteiger partial charge in [0.1, 0.15) is 11.8 Å². The van der Waals surface area contributed by atoms with E-state index in [1.807, 2.05) is 57.2 Å². The third kappa shape index (κ3) is 7.32. The van der Waals surface area contributed by atoms with Crippen LogP contribution in [0.25, 0.3) is 0 Å². The van der Waals surface area contributed by atoms with Crippen molar-refractivity contribution in [2.75, 3.05) is 6.61 Å². The summed E-state index contributed by atoms with van der Waals surface area (Å²) in [7, 11) is 0. The van der Waals surface area contributed by atoms with Gasteiger partial charge in [-0.25, -0.2) is 0 Å². The van der Waals surface area contributed by atoms with Gasteiger partial charge < -0.3 is 15.0 Å². The average molecular weight is 515 g/mol. The van der Waals surface area contributed by atoms with Gasteiger partial charge in [-0.3, -0.25) is 9.59 Å². The Hall–Kier alpha value is -2.34. The molecular formula is C27H35BrN2O3. The predicted molar refractivity (Wildman–Crippen MR) is 135 cm³/mol. The first kappa shape index (κ1) is 25.3. The SMILES string of the molecule is CCC(C(=O)NC1CCCCC1)N(Cc1cccc(C)c1)C(=O)COc1ccc(Br)c(C)c1. The highest BCUT2D eigenvalue weighted by molar-refractivity contribution is 9.10. The zero-order valence-electron chi connectivity index (χ0n) is 19.9. The maximum absolute atomic E-state index is 13.4. The monoisotopic (exact) mass is 514 g/mol. The second kappa shape index (κ2) is 12.2. The first-order chi connectivity index (χ1) is 15.9. The lowest BCUT2D eigenvalue weighted by molar-refractivity contribution is -0.143. The lowest BCUT2D eigenvalue weighted by atomic mass is 9.95. The zero-order chi connectivity index (χ0) is 23.8. The van der Waals surface area contributed by atoms with Crippen molar-refractivity contribution in [3.63, 3.8) is 0 Å². The van der Waals surface area contributed by atoms with Gasteiger partial charge in [0.2, 0.25) is 5.91 Å². The summed E-state index contributed by atoms with van der Waals surface area (Å²) in [6.45, 7) is 6.23. The normalized spacial score (nSPS) is 15.0. The number of rotatable bonds is 9. The Morgan fingerprint density at radius 3 is 2.55 bits per heavy atom. The molecule has 1 atom stereocenters. The van der Waals surface area contributed by atoms with Gasteiger partial charge in [-0.2, -0.15) is 0 Å². The maximum atomic E-state index is 13.4. The number of hydrogen-bond acceptors (Lipinski definition) is 3. The summed E-state index contributed by atoms with van der Waals surface area (Å²) < 4.78 is 6.82.